The van der Waals surface area contributed by atoms with Gasteiger partial charge in [0.2, 0.25) is 5.91 Å². The van der Waals surface area contributed by atoms with Gasteiger partial charge in [0.1, 0.15) is 0 Å². The monoisotopic (exact) mass is 417 g/mol. The Kier molecular flexibility index (Phi) is 5.86. The molecular weight excluding hydrogens is 394 g/mol. The van der Waals surface area contributed by atoms with Crippen LogP contribution in [0.15, 0.2) is 76.7 Å². The van der Waals surface area contributed by atoms with Crippen molar-refractivity contribution in [2.45, 2.75) is 31.5 Å². The number of carbonyl (C=O) groups is 1. The summed E-state index contributed by atoms with van der Waals surface area (Å²) in [6.45, 7) is 4.03. The molecule has 0 saturated heterocycles. The van der Waals surface area contributed by atoms with Crippen LogP contribution in [0.25, 0.3) is 21.7 Å². The lowest BCUT2D eigenvalue weighted by Gasteiger charge is -2.18. The van der Waals surface area contributed by atoms with Crippen molar-refractivity contribution in [1.82, 2.24) is 9.55 Å². The minimum absolute atomic E-state index is 0.000607. The van der Waals surface area contributed by atoms with Gasteiger partial charge in [-0.05, 0) is 48.4 Å². The summed E-state index contributed by atoms with van der Waals surface area (Å²) >= 11 is 1.29. The van der Waals surface area contributed by atoms with E-state index in [4.69, 9.17) is 0 Å². The van der Waals surface area contributed by atoms with Crippen LogP contribution in [0.3, 0.4) is 0 Å². The van der Waals surface area contributed by atoms with E-state index in [-0.39, 0.29) is 23.3 Å². The lowest BCUT2D eigenvalue weighted by atomic mass is 10.1. The van der Waals surface area contributed by atoms with Crippen molar-refractivity contribution in [2.24, 2.45) is 0 Å². The Bertz CT molecular complexity index is 1280. The van der Waals surface area contributed by atoms with Gasteiger partial charge in [0, 0.05) is 11.7 Å². The molecule has 0 spiro atoms. The molecule has 1 aromatic heterocycles. The molecule has 152 valence electrons. The maximum absolute atomic E-state index is 13.0. The smallest absolute Gasteiger partial charge is 0.262 e. The molecule has 0 bridgehead atoms. The summed E-state index contributed by atoms with van der Waals surface area (Å²) in [5, 5.41) is 6.32. The number of thioether (sulfide) groups is 1. The Balaban J connectivity index is 1.56. The van der Waals surface area contributed by atoms with E-state index in [9.17, 15) is 9.59 Å². The second-order valence-electron chi connectivity index (χ2n) is 7.24. The lowest BCUT2D eigenvalue weighted by molar-refractivity contribution is -0.113. The molecule has 1 atom stereocenters. The van der Waals surface area contributed by atoms with Gasteiger partial charge in [0.05, 0.1) is 16.7 Å². The van der Waals surface area contributed by atoms with Crippen molar-refractivity contribution >= 4 is 45.0 Å². The standard InChI is InChI=1S/C24H23N3O2S/c1-3-16(2)27-23(29)20-10-6-7-11-21(20)26-24(27)30-15-22(28)25-19-13-12-17-8-4-5-9-18(17)14-19/h4-14,16H,3,15H2,1-2H3,(H,25,28)/t16-/m0/s1. The Morgan fingerprint density at radius 3 is 2.60 bits per heavy atom. The third-order valence-electron chi connectivity index (χ3n) is 5.17. The fourth-order valence-corrected chi connectivity index (χ4v) is 4.29. The summed E-state index contributed by atoms with van der Waals surface area (Å²) in [4.78, 5) is 30.3. The van der Waals surface area contributed by atoms with Crippen LogP contribution in [0, 0.1) is 0 Å². The Labute approximate surface area is 179 Å². The third kappa shape index (κ3) is 4.09. The topological polar surface area (TPSA) is 64.0 Å². The van der Waals surface area contributed by atoms with Crippen molar-refractivity contribution in [3.8, 4) is 0 Å². The first kappa shape index (κ1) is 20.2. The molecule has 30 heavy (non-hydrogen) atoms. The molecule has 4 rings (SSSR count). The minimum Gasteiger partial charge on any atom is -0.325 e. The Morgan fingerprint density at radius 2 is 1.80 bits per heavy atom. The summed E-state index contributed by atoms with van der Waals surface area (Å²) in [5.41, 5.74) is 1.34. The van der Waals surface area contributed by atoms with Gasteiger partial charge in [-0.3, -0.25) is 14.2 Å². The van der Waals surface area contributed by atoms with Crippen molar-refractivity contribution in [2.75, 3.05) is 11.1 Å². The number of aromatic nitrogens is 2. The quantitative estimate of drug-likeness (QED) is 0.344. The van der Waals surface area contributed by atoms with E-state index in [1.165, 1.54) is 11.8 Å². The van der Waals surface area contributed by atoms with Gasteiger partial charge in [-0.2, -0.15) is 0 Å². The summed E-state index contributed by atoms with van der Waals surface area (Å²) in [6, 6.07) is 21.2. The average Bonchev–Trinajstić information content (AvgIpc) is 2.77. The second-order valence-corrected chi connectivity index (χ2v) is 8.19. The highest BCUT2D eigenvalue weighted by atomic mass is 32.2. The van der Waals surface area contributed by atoms with Gasteiger partial charge in [0.25, 0.3) is 5.56 Å². The number of carbonyl (C=O) groups excluding carboxylic acids is 1. The molecule has 0 aliphatic carbocycles. The van der Waals surface area contributed by atoms with Crippen molar-refractivity contribution in [3.63, 3.8) is 0 Å². The van der Waals surface area contributed by atoms with Crippen LogP contribution in [-0.2, 0) is 4.79 Å². The molecule has 0 fully saturated rings. The Morgan fingerprint density at radius 1 is 1.07 bits per heavy atom. The highest BCUT2D eigenvalue weighted by Crippen LogP contribution is 2.23. The van der Waals surface area contributed by atoms with Crippen molar-refractivity contribution < 1.29 is 4.79 Å². The summed E-state index contributed by atoms with van der Waals surface area (Å²) in [6.07, 6.45) is 0.802. The maximum atomic E-state index is 13.0. The largest absolute Gasteiger partial charge is 0.325 e. The molecular formula is C24H23N3O2S. The first-order chi connectivity index (χ1) is 14.6. The number of amides is 1. The van der Waals surface area contributed by atoms with Crippen LogP contribution in [0.2, 0.25) is 0 Å². The van der Waals surface area contributed by atoms with Crippen molar-refractivity contribution in [3.05, 3.63) is 77.1 Å². The molecule has 3 aromatic carbocycles. The lowest BCUT2D eigenvalue weighted by Crippen LogP contribution is -2.26. The number of hydrogen-bond acceptors (Lipinski definition) is 4. The number of para-hydroxylation sites is 1. The van der Waals surface area contributed by atoms with Gasteiger partial charge in [-0.15, -0.1) is 0 Å². The number of nitrogens with zero attached hydrogens (tertiary/aromatic N) is 2. The molecule has 4 aromatic rings. The molecule has 0 radical (unpaired) electrons. The number of hydrogen-bond donors (Lipinski definition) is 1. The zero-order valence-electron chi connectivity index (χ0n) is 17.0. The highest BCUT2D eigenvalue weighted by molar-refractivity contribution is 7.99. The summed E-state index contributed by atoms with van der Waals surface area (Å²) in [5.74, 6) is 0.0435. The molecule has 5 nitrogen and oxygen atoms in total. The van der Waals surface area contributed by atoms with Crippen molar-refractivity contribution in [1.29, 1.82) is 0 Å². The number of fused-ring (bicyclic) bond motifs is 2. The molecule has 6 heteroatoms. The van der Waals surface area contributed by atoms with Gasteiger partial charge < -0.3 is 5.32 Å². The van der Waals surface area contributed by atoms with Crippen LogP contribution in [0.5, 0.6) is 0 Å². The predicted octanol–water partition coefficient (Wildman–Crippen LogP) is 5.25. The number of anilines is 1. The molecule has 0 aliphatic heterocycles. The molecule has 1 amide bonds. The number of benzene rings is 3. The van der Waals surface area contributed by atoms with Crippen LogP contribution in [-0.4, -0.2) is 21.2 Å². The van der Waals surface area contributed by atoms with E-state index in [1.54, 1.807) is 10.6 Å². The zero-order valence-corrected chi connectivity index (χ0v) is 17.8. The number of rotatable bonds is 6. The van der Waals surface area contributed by atoms with Gasteiger partial charge in [-0.25, -0.2) is 4.98 Å². The van der Waals surface area contributed by atoms with Gasteiger partial charge in [0.15, 0.2) is 5.16 Å². The minimum atomic E-state index is -0.131. The van der Waals surface area contributed by atoms with E-state index in [0.29, 0.717) is 16.1 Å². The summed E-state index contributed by atoms with van der Waals surface area (Å²) in [7, 11) is 0. The number of nitrogens with one attached hydrogen (secondary N) is 1. The average molecular weight is 418 g/mol. The van der Waals surface area contributed by atoms with Gasteiger partial charge >= 0.3 is 0 Å². The third-order valence-corrected chi connectivity index (χ3v) is 6.13. The second kappa shape index (κ2) is 8.71. The first-order valence-corrected chi connectivity index (χ1v) is 11.0. The first-order valence-electron chi connectivity index (χ1n) is 9.99. The summed E-state index contributed by atoms with van der Waals surface area (Å²) < 4.78 is 1.70. The van der Waals surface area contributed by atoms with Crippen LogP contribution in [0.4, 0.5) is 5.69 Å². The SMILES string of the molecule is CC[C@H](C)n1c(SCC(=O)Nc2ccc3ccccc3c2)nc2ccccc2c1=O. The van der Waals surface area contributed by atoms with E-state index >= 15 is 0 Å². The molecule has 1 heterocycles. The van der Waals surface area contributed by atoms with Crippen LogP contribution < -0.4 is 10.9 Å². The maximum Gasteiger partial charge on any atom is 0.262 e. The Hall–Kier alpha value is -3.12. The zero-order chi connectivity index (χ0) is 21.1. The molecule has 0 saturated carbocycles. The van der Waals surface area contributed by atoms with E-state index in [1.807, 2.05) is 74.5 Å². The van der Waals surface area contributed by atoms with E-state index < -0.39 is 0 Å². The predicted molar refractivity (Wildman–Crippen MR) is 124 cm³/mol. The fraction of sp³-hybridized carbons (Fsp3) is 0.208. The highest BCUT2D eigenvalue weighted by Gasteiger charge is 2.16. The van der Waals surface area contributed by atoms with Crippen LogP contribution in [0.1, 0.15) is 26.3 Å². The fourth-order valence-electron chi connectivity index (χ4n) is 3.39. The molecule has 1 N–H and O–H groups in total. The molecule has 0 aliphatic rings. The van der Waals surface area contributed by atoms with Gasteiger partial charge in [-0.1, -0.05) is 61.2 Å². The van der Waals surface area contributed by atoms with Crippen LogP contribution >= 0.6 is 11.8 Å². The normalized spacial score (nSPS) is 12.2. The molecule has 0 unspecified atom stereocenters. The van der Waals surface area contributed by atoms with E-state index in [0.717, 1.165) is 22.9 Å². The van der Waals surface area contributed by atoms with E-state index in [2.05, 4.69) is 10.3 Å².